The van der Waals surface area contributed by atoms with E-state index in [0.717, 1.165) is 36.5 Å². The molecule has 0 aliphatic rings. The third-order valence-corrected chi connectivity index (χ3v) is 5.20. The van der Waals surface area contributed by atoms with Crippen LogP contribution < -0.4 is 0 Å². The molecule has 0 saturated heterocycles. The molecule has 0 rings (SSSR count). The van der Waals surface area contributed by atoms with Crippen LogP contribution in [0.15, 0.2) is 0 Å². The lowest BCUT2D eigenvalue weighted by Crippen LogP contribution is -2.37. The highest BCUT2D eigenvalue weighted by molar-refractivity contribution is 7.80. The van der Waals surface area contributed by atoms with Crippen LogP contribution in [0, 0.1) is 0 Å². The zero-order valence-electron chi connectivity index (χ0n) is 16.8. The fourth-order valence-electron chi connectivity index (χ4n) is 2.60. The van der Waals surface area contributed by atoms with Crippen molar-refractivity contribution >= 4 is 37.9 Å². The average Bonchev–Trinajstić information content (AvgIpc) is 2.64. The minimum Gasteiger partial charge on any atom is -0.328 e. The molecule has 158 valence electrons. The monoisotopic (exact) mass is 426 g/mol. The summed E-state index contributed by atoms with van der Waals surface area (Å²) in [5.41, 5.74) is 0. The summed E-state index contributed by atoms with van der Waals surface area (Å²) >= 11 is 12.7. The van der Waals surface area contributed by atoms with Crippen LogP contribution in [0.4, 0.5) is 0 Å². The van der Waals surface area contributed by atoms with Crippen molar-refractivity contribution in [2.24, 2.45) is 0 Å². The van der Waals surface area contributed by atoms with Crippen LogP contribution in [-0.2, 0) is 14.2 Å². The highest BCUT2D eigenvalue weighted by Crippen LogP contribution is 2.18. The Morgan fingerprint density at radius 1 is 0.462 bits per heavy atom. The Hall–Kier alpha value is 0.930. The largest absolute Gasteiger partial charge is 0.328 e. The van der Waals surface area contributed by atoms with Crippen LogP contribution in [0.1, 0.15) is 84.0 Å². The number of rotatable bonds is 21. The van der Waals surface area contributed by atoms with E-state index in [1.165, 1.54) is 57.8 Å². The van der Waals surface area contributed by atoms with Crippen LogP contribution in [-0.4, -0.2) is 43.1 Å². The lowest BCUT2D eigenvalue weighted by molar-refractivity contribution is -0.370. The summed E-state index contributed by atoms with van der Waals surface area (Å²) in [4.78, 5) is 0. The highest BCUT2D eigenvalue weighted by Gasteiger charge is 2.26. The van der Waals surface area contributed by atoms with E-state index in [1.54, 1.807) is 0 Å². The standard InChI is InChI=1S/C20H42O3S3/c1-20(21-14-8-2-5-11-17-24,22-15-9-3-6-12-18-25)23-16-10-4-7-13-19-26/h24-26H,2-19H2,1H3. The smallest absolute Gasteiger partial charge is 0.279 e. The Balaban J connectivity index is 4.02. The molecule has 0 aromatic heterocycles. The second-order valence-corrected chi connectivity index (χ2v) is 8.16. The quantitative estimate of drug-likeness (QED) is 0.116. The fourth-order valence-corrected chi connectivity index (χ4v) is 3.27. The SMILES string of the molecule is CC(OCCCCCCS)(OCCCCCCS)OCCCCCCS. The molecule has 0 heterocycles. The maximum absolute atomic E-state index is 5.98. The summed E-state index contributed by atoms with van der Waals surface area (Å²) in [5.74, 6) is 1.98. The molecule has 0 radical (unpaired) electrons. The summed E-state index contributed by atoms with van der Waals surface area (Å²) in [7, 11) is 0. The minimum atomic E-state index is -0.906. The first-order chi connectivity index (χ1) is 12.7. The van der Waals surface area contributed by atoms with Crippen LogP contribution in [0.3, 0.4) is 0 Å². The molecule has 0 aromatic rings. The molecule has 6 heteroatoms. The topological polar surface area (TPSA) is 27.7 Å². The van der Waals surface area contributed by atoms with E-state index in [2.05, 4.69) is 37.9 Å². The zero-order valence-corrected chi connectivity index (χ0v) is 19.5. The van der Waals surface area contributed by atoms with E-state index in [0.29, 0.717) is 19.8 Å². The number of ether oxygens (including phenoxy) is 3. The number of unbranched alkanes of at least 4 members (excludes halogenated alkanes) is 9. The number of hydrogen-bond donors (Lipinski definition) is 3. The molecule has 0 bridgehead atoms. The van der Waals surface area contributed by atoms with Crippen molar-refractivity contribution in [3.63, 3.8) is 0 Å². The van der Waals surface area contributed by atoms with Crippen molar-refractivity contribution in [2.45, 2.75) is 89.9 Å². The first kappa shape index (κ1) is 26.9. The Morgan fingerprint density at radius 2 is 0.731 bits per heavy atom. The molecule has 0 fully saturated rings. The van der Waals surface area contributed by atoms with Crippen molar-refractivity contribution in [1.82, 2.24) is 0 Å². The van der Waals surface area contributed by atoms with Crippen molar-refractivity contribution in [3.8, 4) is 0 Å². The zero-order chi connectivity index (χ0) is 19.3. The molecular weight excluding hydrogens is 384 g/mol. The van der Waals surface area contributed by atoms with Gasteiger partial charge in [-0.15, -0.1) is 0 Å². The summed E-state index contributed by atoms with van der Waals surface area (Å²) in [5, 5.41) is 0. The van der Waals surface area contributed by atoms with Gasteiger partial charge in [0.05, 0.1) is 19.8 Å². The first-order valence-electron chi connectivity index (χ1n) is 10.4. The highest BCUT2D eigenvalue weighted by atomic mass is 32.1. The summed E-state index contributed by atoms with van der Waals surface area (Å²) in [6.07, 6.45) is 13.8. The van der Waals surface area contributed by atoms with Gasteiger partial charge in [-0.2, -0.15) is 37.9 Å². The molecule has 0 aromatic carbocycles. The molecule has 0 atom stereocenters. The molecule has 0 N–H and O–H groups in total. The molecule has 0 aliphatic carbocycles. The van der Waals surface area contributed by atoms with Crippen LogP contribution in [0.2, 0.25) is 0 Å². The van der Waals surface area contributed by atoms with Crippen LogP contribution >= 0.6 is 37.9 Å². The van der Waals surface area contributed by atoms with E-state index in [4.69, 9.17) is 14.2 Å². The van der Waals surface area contributed by atoms with Gasteiger partial charge in [-0.25, -0.2) is 0 Å². The van der Waals surface area contributed by atoms with E-state index in [9.17, 15) is 0 Å². The van der Waals surface area contributed by atoms with Gasteiger partial charge in [-0.05, 0) is 55.8 Å². The molecule has 0 unspecified atom stereocenters. The maximum Gasteiger partial charge on any atom is 0.279 e. The van der Waals surface area contributed by atoms with E-state index in [-0.39, 0.29) is 0 Å². The molecule has 3 nitrogen and oxygen atoms in total. The van der Waals surface area contributed by atoms with E-state index < -0.39 is 5.97 Å². The van der Waals surface area contributed by atoms with Crippen molar-refractivity contribution in [3.05, 3.63) is 0 Å². The lowest BCUT2D eigenvalue weighted by Gasteiger charge is -2.30. The second kappa shape index (κ2) is 20.7. The van der Waals surface area contributed by atoms with E-state index in [1.807, 2.05) is 6.92 Å². The number of hydrogen-bond acceptors (Lipinski definition) is 6. The van der Waals surface area contributed by atoms with E-state index >= 15 is 0 Å². The van der Waals surface area contributed by atoms with Gasteiger partial charge in [-0.1, -0.05) is 38.5 Å². The summed E-state index contributed by atoms with van der Waals surface area (Å²) in [6, 6.07) is 0. The first-order valence-corrected chi connectivity index (χ1v) is 12.3. The molecule has 0 spiro atoms. The molecule has 0 aliphatic heterocycles. The van der Waals surface area contributed by atoms with Gasteiger partial charge in [0, 0.05) is 6.92 Å². The van der Waals surface area contributed by atoms with Gasteiger partial charge in [-0.3, -0.25) is 0 Å². The van der Waals surface area contributed by atoms with Gasteiger partial charge < -0.3 is 14.2 Å². The van der Waals surface area contributed by atoms with Crippen molar-refractivity contribution in [1.29, 1.82) is 0 Å². The third-order valence-electron chi connectivity index (χ3n) is 4.25. The Bertz CT molecular complexity index is 240. The van der Waals surface area contributed by atoms with Gasteiger partial charge in [0.1, 0.15) is 0 Å². The third kappa shape index (κ3) is 18.3. The fraction of sp³-hybridized carbons (Fsp3) is 1.00. The normalized spacial score (nSPS) is 12.0. The molecule has 0 amide bonds. The molecule has 26 heavy (non-hydrogen) atoms. The van der Waals surface area contributed by atoms with Crippen LogP contribution in [0.5, 0.6) is 0 Å². The van der Waals surface area contributed by atoms with Gasteiger partial charge >= 0.3 is 0 Å². The minimum absolute atomic E-state index is 0.683. The van der Waals surface area contributed by atoms with Gasteiger partial charge in [0.25, 0.3) is 5.97 Å². The Morgan fingerprint density at radius 3 is 1.00 bits per heavy atom. The Labute approximate surface area is 178 Å². The maximum atomic E-state index is 5.98. The number of thiol groups is 3. The predicted molar refractivity (Wildman–Crippen MR) is 123 cm³/mol. The van der Waals surface area contributed by atoms with Crippen molar-refractivity contribution in [2.75, 3.05) is 37.1 Å². The van der Waals surface area contributed by atoms with Crippen LogP contribution in [0.25, 0.3) is 0 Å². The second-order valence-electron chi connectivity index (χ2n) is 6.82. The molecule has 0 saturated carbocycles. The lowest BCUT2D eigenvalue weighted by atomic mass is 10.2. The Kier molecular flexibility index (Phi) is 21.4. The average molecular weight is 427 g/mol. The predicted octanol–water partition coefficient (Wildman–Crippen LogP) is 6.18. The molecular formula is C20H42O3S3. The summed E-state index contributed by atoms with van der Waals surface area (Å²) in [6.45, 7) is 3.97. The van der Waals surface area contributed by atoms with Gasteiger partial charge in [0.2, 0.25) is 0 Å². The van der Waals surface area contributed by atoms with Crippen molar-refractivity contribution < 1.29 is 14.2 Å². The summed E-state index contributed by atoms with van der Waals surface area (Å²) < 4.78 is 17.9. The van der Waals surface area contributed by atoms with Gasteiger partial charge in [0.15, 0.2) is 0 Å².